The zero-order chi connectivity index (χ0) is 8.55. The summed E-state index contributed by atoms with van der Waals surface area (Å²) in [7, 11) is 2.01. The van der Waals surface area contributed by atoms with Crippen molar-refractivity contribution in [2.24, 2.45) is 0 Å². The van der Waals surface area contributed by atoms with Crippen LogP contribution in [0.1, 0.15) is 22.8 Å². The number of nitrogens with one attached hydrogen (secondary N) is 1. The molecule has 0 radical (unpaired) electrons. The molecule has 1 nitrogen and oxygen atoms in total. The van der Waals surface area contributed by atoms with Crippen molar-refractivity contribution in [3.8, 4) is 0 Å². The Morgan fingerprint density at radius 3 is 3.33 bits per heavy atom. The summed E-state index contributed by atoms with van der Waals surface area (Å²) in [5.41, 5.74) is 1.49. The standard InChI is InChI=1S/C9H12ClNS/c1-11-5-6-2-3-8-7(6)4-9(10)12-8/h4,6,11H,2-3,5H2,1H3. The van der Waals surface area contributed by atoms with E-state index in [1.54, 1.807) is 11.3 Å². The van der Waals surface area contributed by atoms with E-state index >= 15 is 0 Å². The minimum atomic E-state index is 0.703. The van der Waals surface area contributed by atoms with Gasteiger partial charge in [-0.1, -0.05) is 11.6 Å². The number of rotatable bonds is 2. The Balaban J connectivity index is 2.22. The van der Waals surface area contributed by atoms with E-state index in [1.807, 2.05) is 7.05 Å². The van der Waals surface area contributed by atoms with Crippen molar-refractivity contribution >= 4 is 22.9 Å². The van der Waals surface area contributed by atoms with Crippen LogP contribution in [0.4, 0.5) is 0 Å². The number of hydrogen-bond acceptors (Lipinski definition) is 2. The zero-order valence-corrected chi connectivity index (χ0v) is 8.63. The van der Waals surface area contributed by atoms with Gasteiger partial charge >= 0.3 is 0 Å². The third-order valence-electron chi connectivity index (χ3n) is 2.42. The molecule has 1 heterocycles. The summed E-state index contributed by atoms with van der Waals surface area (Å²) in [6.45, 7) is 1.08. The number of halogens is 1. The molecule has 2 rings (SSSR count). The van der Waals surface area contributed by atoms with E-state index in [1.165, 1.54) is 23.3 Å². The lowest BCUT2D eigenvalue weighted by Gasteiger charge is -2.07. The van der Waals surface area contributed by atoms with E-state index in [0.717, 1.165) is 10.9 Å². The summed E-state index contributed by atoms with van der Waals surface area (Å²) in [4.78, 5) is 1.50. The van der Waals surface area contributed by atoms with Gasteiger partial charge in [-0.05, 0) is 37.4 Å². The van der Waals surface area contributed by atoms with Crippen molar-refractivity contribution in [2.45, 2.75) is 18.8 Å². The van der Waals surface area contributed by atoms with Crippen molar-refractivity contribution in [1.29, 1.82) is 0 Å². The van der Waals surface area contributed by atoms with Gasteiger partial charge in [-0.3, -0.25) is 0 Å². The lowest BCUT2D eigenvalue weighted by molar-refractivity contribution is 0.623. The lowest BCUT2D eigenvalue weighted by Crippen LogP contribution is -2.14. The minimum absolute atomic E-state index is 0.703. The fourth-order valence-corrected chi connectivity index (χ4v) is 3.25. The predicted octanol–water partition coefficient (Wildman–Crippen LogP) is 2.65. The summed E-state index contributed by atoms with van der Waals surface area (Å²) in [5.74, 6) is 0.703. The molecule has 0 amide bonds. The molecule has 3 heteroatoms. The van der Waals surface area contributed by atoms with Crippen LogP contribution < -0.4 is 5.32 Å². The highest BCUT2D eigenvalue weighted by molar-refractivity contribution is 7.16. The Morgan fingerprint density at radius 2 is 2.58 bits per heavy atom. The molecule has 0 bridgehead atoms. The first-order chi connectivity index (χ1) is 5.81. The molecule has 0 aliphatic heterocycles. The number of hydrogen-bond donors (Lipinski definition) is 1. The van der Waals surface area contributed by atoms with Gasteiger partial charge in [0.2, 0.25) is 0 Å². The van der Waals surface area contributed by atoms with Gasteiger partial charge in [0.15, 0.2) is 0 Å². The van der Waals surface area contributed by atoms with Gasteiger partial charge in [0, 0.05) is 11.4 Å². The molecule has 1 aromatic heterocycles. The summed E-state index contributed by atoms with van der Waals surface area (Å²) in [6, 6.07) is 2.14. The maximum Gasteiger partial charge on any atom is 0.0934 e. The molecule has 0 spiro atoms. The SMILES string of the molecule is CNCC1CCc2sc(Cl)cc21. The van der Waals surface area contributed by atoms with Gasteiger partial charge in [0.25, 0.3) is 0 Å². The van der Waals surface area contributed by atoms with E-state index in [4.69, 9.17) is 11.6 Å². The molecule has 0 fully saturated rings. The average molecular weight is 202 g/mol. The first-order valence-corrected chi connectivity index (χ1v) is 5.43. The number of aryl methyl sites for hydroxylation is 1. The molecule has 66 valence electrons. The second-order valence-corrected chi connectivity index (χ2v) is 4.99. The monoisotopic (exact) mass is 201 g/mol. The summed E-state index contributed by atoms with van der Waals surface area (Å²) >= 11 is 7.69. The maximum absolute atomic E-state index is 5.94. The van der Waals surface area contributed by atoms with Crippen LogP contribution >= 0.6 is 22.9 Å². The van der Waals surface area contributed by atoms with Gasteiger partial charge in [-0.25, -0.2) is 0 Å². The molecule has 1 aromatic rings. The van der Waals surface area contributed by atoms with E-state index in [-0.39, 0.29) is 0 Å². The normalized spacial score (nSPS) is 21.3. The summed E-state index contributed by atoms with van der Waals surface area (Å²) in [5, 5.41) is 3.22. The Kier molecular flexibility index (Phi) is 2.40. The predicted molar refractivity (Wildman–Crippen MR) is 54.3 cm³/mol. The maximum atomic E-state index is 5.94. The number of thiophene rings is 1. The Bertz CT molecular complexity index is 282. The van der Waals surface area contributed by atoms with Crippen LogP contribution in [0, 0.1) is 0 Å². The van der Waals surface area contributed by atoms with Crippen molar-refractivity contribution < 1.29 is 0 Å². The lowest BCUT2D eigenvalue weighted by atomic mass is 10.0. The van der Waals surface area contributed by atoms with Crippen LogP contribution in [0.15, 0.2) is 6.07 Å². The first-order valence-electron chi connectivity index (χ1n) is 4.24. The molecule has 1 N–H and O–H groups in total. The van der Waals surface area contributed by atoms with Gasteiger partial charge in [-0.2, -0.15) is 0 Å². The minimum Gasteiger partial charge on any atom is -0.319 e. The van der Waals surface area contributed by atoms with Gasteiger partial charge < -0.3 is 5.32 Å². The molecule has 1 aliphatic rings. The highest BCUT2D eigenvalue weighted by atomic mass is 35.5. The molecule has 0 saturated heterocycles. The van der Waals surface area contributed by atoms with Gasteiger partial charge in [0.1, 0.15) is 0 Å². The van der Waals surface area contributed by atoms with Crippen molar-refractivity contribution in [1.82, 2.24) is 5.32 Å². The highest BCUT2D eigenvalue weighted by Gasteiger charge is 2.23. The van der Waals surface area contributed by atoms with Crippen LogP contribution in [0.3, 0.4) is 0 Å². The fourth-order valence-electron chi connectivity index (χ4n) is 1.87. The van der Waals surface area contributed by atoms with E-state index in [0.29, 0.717) is 5.92 Å². The van der Waals surface area contributed by atoms with Crippen LogP contribution in [0.25, 0.3) is 0 Å². The van der Waals surface area contributed by atoms with Crippen LogP contribution in [0.2, 0.25) is 4.34 Å². The third kappa shape index (κ3) is 1.39. The highest BCUT2D eigenvalue weighted by Crippen LogP contribution is 2.40. The molecular weight excluding hydrogens is 190 g/mol. The second kappa shape index (κ2) is 3.36. The molecular formula is C9H12ClNS. The Hall–Kier alpha value is -0.0500. The summed E-state index contributed by atoms with van der Waals surface area (Å²) in [6.07, 6.45) is 2.51. The van der Waals surface area contributed by atoms with Gasteiger partial charge in [0.05, 0.1) is 4.34 Å². The molecule has 0 saturated carbocycles. The molecule has 1 aliphatic carbocycles. The third-order valence-corrected chi connectivity index (χ3v) is 3.76. The smallest absolute Gasteiger partial charge is 0.0934 e. The number of likely N-dealkylation sites (N-methyl/N-ethyl adjacent to an activating group) is 1. The van der Waals surface area contributed by atoms with Crippen molar-refractivity contribution in [3.63, 3.8) is 0 Å². The molecule has 0 aromatic carbocycles. The largest absolute Gasteiger partial charge is 0.319 e. The number of fused-ring (bicyclic) bond motifs is 1. The molecule has 12 heavy (non-hydrogen) atoms. The second-order valence-electron chi connectivity index (χ2n) is 3.22. The fraction of sp³-hybridized carbons (Fsp3) is 0.556. The van der Waals surface area contributed by atoms with Crippen molar-refractivity contribution in [2.75, 3.05) is 13.6 Å². The van der Waals surface area contributed by atoms with E-state index in [9.17, 15) is 0 Å². The van der Waals surface area contributed by atoms with Crippen LogP contribution in [0.5, 0.6) is 0 Å². The molecule has 1 atom stereocenters. The summed E-state index contributed by atoms with van der Waals surface area (Å²) < 4.78 is 0.945. The Labute approximate surface area is 81.7 Å². The van der Waals surface area contributed by atoms with Crippen LogP contribution in [-0.4, -0.2) is 13.6 Å². The van der Waals surface area contributed by atoms with E-state index in [2.05, 4.69) is 11.4 Å². The molecule has 1 unspecified atom stereocenters. The van der Waals surface area contributed by atoms with Gasteiger partial charge in [-0.15, -0.1) is 11.3 Å². The quantitative estimate of drug-likeness (QED) is 0.776. The first kappa shape index (κ1) is 8.54. The van der Waals surface area contributed by atoms with Crippen molar-refractivity contribution in [3.05, 3.63) is 20.8 Å². The average Bonchev–Trinajstić information content (AvgIpc) is 2.52. The van der Waals surface area contributed by atoms with Crippen LogP contribution in [-0.2, 0) is 6.42 Å². The van der Waals surface area contributed by atoms with E-state index < -0.39 is 0 Å². The topological polar surface area (TPSA) is 12.0 Å². The Morgan fingerprint density at radius 1 is 1.75 bits per heavy atom. The zero-order valence-electron chi connectivity index (χ0n) is 7.06.